The summed E-state index contributed by atoms with van der Waals surface area (Å²) in [6.07, 6.45) is 2.48. The highest BCUT2D eigenvalue weighted by molar-refractivity contribution is 6.32. The van der Waals surface area contributed by atoms with E-state index in [9.17, 15) is 0 Å². The lowest BCUT2D eigenvalue weighted by atomic mass is 10.1. The molecule has 2 rings (SSSR count). The Morgan fingerprint density at radius 3 is 2.69 bits per heavy atom. The third kappa shape index (κ3) is 2.89. The minimum absolute atomic E-state index is 0.315. The molecule has 1 aliphatic heterocycles. The lowest BCUT2D eigenvalue weighted by Crippen LogP contribution is -2.35. The van der Waals surface area contributed by atoms with Gasteiger partial charge in [-0.1, -0.05) is 17.7 Å². The molecule has 1 saturated heterocycles. The highest BCUT2D eigenvalue weighted by Crippen LogP contribution is 2.28. The summed E-state index contributed by atoms with van der Waals surface area (Å²) in [6, 6.07) is 5.92. The predicted molar refractivity (Wildman–Crippen MR) is 67.3 cm³/mol. The van der Waals surface area contributed by atoms with E-state index in [2.05, 4.69) is 18.9 Å². The van der Waals surface area contributed by atoms with Crippen molar-refractivity contribution in [3.63, 3.8) is 0 Å². The number of hydrogen-bond acceptors (Lipinski definition) is 2. The van der Waals surface area contributed by atoms with Crippen LogP contribution in [-0.2, 0) is 0 Å². The van der Waals surface area contributed by atoms with Gasteiger partial charge in [0.25, 0.3) is 0 Å². The molecule has 1 aromatic carbocycles. The Hall–Kier alpha value is -0.730. The molecule has 2 nitrogen and oxygen atoms in total. The first kappa shape index (κ1) is 11.7. The third-order valence-corrected chi connectivity index (χ3v) is 3.36. The molecule has 0 radical (unpaired) electrons. The second kappa shape index (κ2) is 5.07. The zero-order valence-electron chi connectivity index (χ0n) is 9.87. The standard InChI is InChI=1S/C13H18ClNO/c1-10-3-4-12(14)13(9-10)16-11-5-7-15(2)8-6-11/h3-4,9,11H,5-8H2,1-2H3. The van der Waals surface area contributed by atoms with Crippen molar-refractivity contribution in [3.05, 3.63) is 28.8 Å². The van der Waals surface area contributed by atoms with Crippen molar-refractivity contribution >= 4 is 11.6 Å². The minimum atomic E-state index is 0.315. The van der Waals surface area contributed by atoms with Crippen LogP contribution in [0.25, 0.3) is 0 Å². The van der Waals surface area contributed by atoms with Gasteiger partial charge in [0.15, 0.2) is 0 Å². The topological polar surface area (TPSA) is 12.5 Å². The van der Waals surface area contributed by atoms with Gasteiger partial charge in [0, 0.05) is 13.1 Å². The van der Waals surface area contributed by atoms with Crippen LogP contribution in [0.3, 0.4) is 0 Å². The van der Waals surface area contributed by atoms with Crippen LogP contribution in [0.4, 0.5) is 0 Å². The maximum absolute atomic E-state index is 6.11. The van der Waals surface area contributed by atoms with Gasteiger partial charge in [-0.3, -0.25) is 0 Å². The molecular formula is C13H18ClNO. The molecule has 16 heavy (non-hydrogen) atoms. The average Bonchev–Trinajstić information content (AvgIpc) is 2.27. The summed E-state index contributed by atoms with van der Waals surface area (Å²) in [5, 5.41) is 0.713. The van der Waals surface area contributed by atoms with E-state index < -0.39 is 0 Å². The SMILES string of the molecule is Cc1ccc(Cl)c(OC2CCN(C)CC2)c1. The third-order valence-electron chi connectivity index (χ3n) is 3.05. The van der Waals surface area contributed by atoms with Crippen molar-refractivity contribution in [1.29, 1.82) is 0 Å². The Bertz CT molecular complexity index is 359. The summed E-state index contributed by atoms with van der Waals surface area (Å²) in [5.74, 6) is 0.830. The van der Waals surface area contributed by atoms with E-state index in [1.165, 1.54) is 5.56 Å². The van der Waals surface area contributed by atoms with E-state index in [1.54, 1.807) is 0 Å². The molecule has 0 aliphatic carbocycles. The average molecular weight is 240 g/mol. The number of ether oxygens (including phenoxy) is 1. The number of halogens is 1. The van der Waals surface area contributed by atoms with Crippen molar-refractivity contribution in [1.82, 2.24) is 4.90 Å². The minimum Gasteiger partial charge on any atom is -0.489 e. The Morgan fingerprint density at radius 1 is 1.31 bits per heavy atom. The van der Waals surface area contributed by atoms with E-state index in [0.29, 0.717) is 11.1 Å². The second-order valence-electron chi connectivity index (χ2n) is 4.55. The number of rotatable bonds is 2. The molecule has 0 unspecified atom stereocenters. The molecule has 1 aromatic rings. The predicted octanol–water partition coefficient (Wildman–Crippen LogP) is 3.12. The molecule has 0 N–H and O–H groups in total. The Balaban J connectivity index is 2.00. The number of benzene rings is 1. The normalized spacial score (nSPS) is 18.7. The molecule has 0 aromatic heterocycles. The van der Waals surface area contributed by atoms with Crippen LogP contribution in [0.15, 0.2) is 18.2 Å². The molecule has 3 heteroatoms. The van der Waals surface area contributed by atoms with Crippen LogP contribution in [0.2, 0.25) is 5.02 Å². The second-order valence-corrected chi connectivity index (χ2v) is 4.96. The molecule has 88 valence electrons. The Labute approximate surface area is 102 Å². The van der Waals surface area contributed by atoms with Crippen LogP contribution in [0.1, 0.15) is 18.4 Å². The quantitative estimate of drug-likeness (QED) is 0.786. The van der Waals surface area contributed by atoms with Gasteiger partial charge in [0.1, 0.15) is 11.9 Å². The fourth-order valence-corrected chi connectivity index (χ4v) is 2.15. The number of likely N-dealkylation sites (tertiary alicyclic amines) is 1. The first-order valence-corrected chi connectivity index (χ1v) is 6.14. The van der Waals surface area contributed by atoms with Crippen LogP contribution < -0.4 is 4.74 Å². The summed E-state index contributed by atoms with van der Waals surface area (Å²) in [4.78, 5) is 2.33. The zero-order valence-corrected chi connectivity index (χ0v) is 10.6. The van der Waals surface area contributed by atoms with Crippen LogP contribution in [0.5, 0.6) is 5.75 Å². The zero-order chi connectivity index (χ0) is 11.5. The van der Waals surface area contributed by atoms with Gasteiger partial charge >= 0.3 is 0 Å². The monoisotopic (exact) mass is 239 g/mol. The maximum atomic E-state index is 6.11. The number of piperidine rings is 1. The molecule has 1 fully saturated rings. The van der Waals surface area contributed by atoms with Gasteiger partial charge in [0.05, 0.1) is 5.02 Å². The van der Waals surface area contributed by atoms with Gasteiger partial charge in [-0.2, -0.15) is 0 Å². The molecule has 0 amide bonds. The van der Waals surface area contributed by atoms with E-state index in [-0.39, 0.29) is 0 Å². The summed E-state index contributed by atoms with van der Waals surface area (Å²) in [6.45, 7) is 4.26. The van der Waals surface area contributed by atoms with Crippen molar-refractivity contribution in [2.24, 2.45) is 0 Å². The Kier molecular flexibility index (Phi) is 3.72. The summed E-state index contributed by atoms with van der Waals surface area (Å²) in [7, 11) is 2.15. The van der Waals surface area contributed by atoms with E-state index in [4.69, 9.17) is 16.3 Å². The first-order valence-electron chi connectivity index (χ1n) is 5.76. The van der Waals surface area contributed by atoms with Gasteiger partial charge in [-0.25, -0.2) is 0 Å². The number of nitrogens with zero attached hydrogens (tertiary/aromatic N) is 1. The summed E-state index contributed by atoms with van der Waals surface area (Å²) >= 11 is 6.11. The van der Waals surface area contributed by atoms with Gasteiger partial charge in [-0.05, 0) is 44.5 Å². The smallest absolute Gasteiger partial charge is 0.138 e. The van der Waals surface area contributed by atoms with Crippen molar-refractivity contribution in [3.8, 4) is 5.75 Å². The fourth-order valence-electron chi connectivity index (χ4n) is 1.98. The molecule has 0 bridgehead atoms. The molecule has 0 spiro atoms. The number of hydrogen-bond donors (Lipinski definition) is 0. The summed E-state index contributed by atoms with van der Waals surface area (Å²) < 4.78 is 5.96. The maximum Gasteiger partial charge on any atom is 0.138 e. The molecular weight excluding hydrogens is 222 g/mol. The van der Waals surface area contributed by atoms with E-state index in [1.807, 2.05) is 18.2 Å². The molecule has 1 heterocycles. The van der Waals surface area contributed by atoms with Gasteiger partial charge < -0.3 is 9.64 Å². The molecule has 0 atom stereocenters. The highest BCUT2D eigenvalue weighted by atomic mass is 35.5. The van der Waals surface area contributed by atoms with Gasteiger partial charge in [-0.15, -0.1) is 0 Å². The lowest BCUT2D eigenvalue weighted by molar-refractivity contribution is 0.114. The van der Waals surface area contributed by atoms with Crippen molar-refractivity contribution in [2.45, 2.75) is 25.9 Å². The first-order chi connectivity index (χ1) is 7.65. The number of aryl methyl sites for hydroxylation is 1. The summed E-state index contributed by atoms with van der Waals surface area (Å²) in [5.41, 5.74) is 1.19. The van der Waals surface area contributed by atoms with Crippen molar-refractivity contribution in [2.75, 3.05) is 20.1 Å². The lowest BCUT2D eigenvalue weighted by Gasteiger charge is -2.29. The Morgan fingerprint density at radius 2 is 2.00 bits per heavy atom. The fraction of sp³-hybridized carbons (Fsp3) is 0.538. The van der Waals surface area contributed by atoms with Crippen LogP contribution in [0, 0.1) is 6.92 Å². The molecule has 0 saturated carbocycles. The highest BCUT2D eigenvalue weighted by Gasteiger charge is 2.18. The van der Waals surface area contributed by atoms with E-state index in [0.717, 1.165) is 31.7 Å². The van der Waals surface area contributed by atoms with Gasteiger partial charge in [0.2, 0.25) is 0 Å². The largest absolute Gasteiger partial charge is 0.489 e. The van der Waals surface area contributed by atoms with Crippen molar-refractivity contribution < 1.29 is 4.74 Å². The molecule has 1 aliphatic rings. The van der Waals surface area contributed by atoms with Crippen LogP contribution in [-0.4, -0.2) is 31.1 Å². The van der Waals surface area contributed by atoms with E-state index >= 15 is 0 Å². The van der Waals surface area contributed by atoms with Crippen LogP contribution >= 0.6 is 11.6 Å².